The van der Waals surface area contributed by atoms with Crippen LogP contribution < -0.4 is 4.74 Å². The highest BCUT2D eigenvalue weighted by Gasteiger charge is 2.14. The van der Waals surface area contributed by atoms with Gasteiger partial charge in [0.1, 0.15) is 5.75 Å². The van der Waals surface area contributed by atoms with Gasteiger partial charge in [-0.15, -0.1) is 0 Å². The highest BCUT2D eigenvalue weighted by Crippen LogP contribution is 2.35. The predicted molar refractivity (Wildman–Crippen MR) is 84.4 cm³/mol. The van der Waals surface area contributed by atoms with Crippen molar-refractivity contribution in [3.63, 3.8) is 0 Å². The molecule has 2 aromatic rings. The van der Waals surface area contributed by atoms with Crippen molar-refractivity contribution in [2.75, 3.05) is 0 Å². The van der Waals surface area contributed by atoms with E-state index in [1.54, 1.807) is 6.07 Å². The largest absolute Gasteiger partial charge is 0.454 e. The number of halogens is 2. The second-order valence-corrected chi connectivity index (χ2v) is 5.72. The number of hydrogen-bond donors (Lipinski definition) is 0. The molecule has 0 amide bonds. The number of aryl methyl sites for hydroxylation is 1. The zero-order chi connectivity index (χ0) is 14.7. The van der Waals surface area contributed by atoms with Crippen LogP contribution in [0.5, 0.6) is 11.5 Å². The number of hydrogen-bond acceptors (Lipinski definition) is 1. The van der Waals surface area contributed by atoms with E-state index >= 15 is 0 Å². The SMILES string of the molecule is Cc1ccc(C(C)C)c(Oc2c(F)cccc2CBr)c1. The van der Waals surface area contributed by atoms with Gasteiger partial charge < -0.3 is 4.74 Å². The third-order valence-electron chi connectivity index (χ3n) is 3.20. The summed E-state index contributed by atoms with van der Waals surface area (Å²) in [4.78, 5) is 0. The maximum Gasteiger partial charge on any atom is 0.167 e. The zero-order valence-electron chi connectivity index (χ0n) is 11.9. The summed E-state index contributed by atoms with van der Waals surface area (Å²) in [6.45, 7) is 6.21. The molecule has 106 valence electrons. The average molecular weight is 337 g/mol. The lowest BCUT2D eigenvalue weighted by Crippen LogP contribution is -1.98. The van der Waals surface area contributed by atoms with Gasteiger partial charge in [0.05, 0.1) is 0 Å². The highest BCUT2D eigenvalue weighted by atomic mass is 79.9. The molecule has 2 rings (SSSR count). The van der Waals surface area contributed by atoms with Gasteiger partial charge in [0.15, 0.2) is 11.6 Å². The van der Waals surface area contributed by atoms with E-state index < -0.39 is 0 Å². The minimum Gasteiger partial charge on any atom is -0.454 e. The van der Waals surface area contributed by atoms with Gasteiger partial charge in [-0.3, -0.25) is 0 Å². The Morgan fingerprint density at radius 1 is 1.20 bits per heavy atom. The molecule has 0 bridgehead atoms. The van der Waals surface area contributed by atoms with Crippen LogP contribution >= 0.6 is 15.9 Å². The maximum absolute atomic E-state index is 14.0. The van der Waals surface area contributed by atoms with Crippen molar-refractivity contribution in [1.29, 1.82) is 0 Å². The van der Waals surface area contributed by atoms with Crippen LogP contribution in [-0.4, -0.2) is 0 Å². The smallest absolute Gasteiger partial charge is 0.167 e. The first-order valence-electron chi connectivity index (χ1n) is 6.64. The van der Waals surface area contributed by atoms with Crippen LogP contribution in [-0.2, 0) is 5.33 Å². The van der Waals surface area contributed by atoms with Crippen molar-refractivity contribution >= 4 is 15.9 Å². The van der Waals surface area contributed by atoms with Crippen LogP contribution in [0.2, 0.25) is 0 Å². The Bertz CT molecular complexity index is 608. The summed E-state index contributed by atoms with van der Waals surface area (Å²) >= 11 is 3.37. The van der Waals surface area contributed by atoms with Crippen LogP contribution in [0.3, 0.4) is 0 Å². The topological polar surface area (TPSA) is 9.23 Å². The molecule has 0 spiro atoms. The van der Waals surface area contributed by atoms with Crippen LogP contribution in [0.4, 0.5) is 4.39 Å². The summed E-state index contributed by atoms with van der Waals surface area (Å²) in [5.41, 5.74) is 2.99. The Morgan fingerprint density at radius 2 is 1.95 bits per heavy atom. The molecule has 0 aliphatic carbocycles. The van der Waals surface area contributed by atoms with E-state index in [2.05, 4.69) is 35.8 Å². The Hall–Kier alpha value is -1.35. The van der Waals surface area contributed by atoms with Crippen molar-refractivity contribution < 1.29 is 9.13 Å². The van der Waals surface area contributed by atoms with Crippen molar-refractivity contribution in [1.82, 2.24) is 0 Å². The quantitative estimate of drug-likeness (QED) is 0.627. The zero-order valence-corrected chi connectivity index (χ0v) is 13.5. The fraction of sp³-hybridized carbons (Fsp3) is 0.294. The van der Waals surface area contributed by atoms with Crippen LogP contribution in [0.15, 0.2) is 36.4 Å². The summed E-state index contributed by atoms with van der Waals surface area (Å²) in [5.74, 6) is 1.02. The molecule has 2 aromatic carbocycles. The summed E-state index contributed by atoms with van der Waals surface area (Å²) in [5, 5.41) is 0.558. The van der Waals surface area contributed by atoms with Gasteiger partial charge in [-0.1, -0.05) is 54.0 Å². The van der Waals surface area contributed by atoms with Gasteiger partial charge in [-0.05, 0) is 36.1 Å². The number of para-hydroxylation sites is 1. The molecule has 0 atom stereocenters. The van der Waals surface area contributed by atoms with E-state index in [0.717, 1.165) is 22.4 Å². The van der Waals surface area contributed by atoms with Gasteiger partial charge in [0.25, 0.3) is 0 Å². The van der Waals surface area contributed by atoms with E-state index in [4.69, 9.17) is 4.74 Å². The van der Waals surface area contributed by atoms with E-state index in [-0.39, 0.29) is 5.82 Å². The average Bonchev–Trinajstić information content (AvgIpc) is 2.40. The van der Waals surface area contributed by atoms with Crippen molar-refractivity contribution in [2.45, 2.75) is 32.0 Å². The molecule has 0 unspecified atom stereocenters. The Labute approximate surface area is 127 Å². The molecule has 3 heteroatoms. The number of benzene rings is 2. The molecular weight excluding hydrogens is 319 g/mol. The van der Waals surface area contributed by atoms with Gasteiger partial charge >= 0.3 is 0 Å². The number of ether oxygens (including phenoxy) is 1. The molecule has 0 saturated heterocycles. The fourth-order valence-corrected chi connectivity index (χ4v) is 2.53. The molecule has 1 nitrogen and oxygen atoms in total. The van der Waals surface area contributed by atoms with Crippen molar-refractivity contribution in [2.24, 2.45) is 0 Å². The van der Waals surface area contributed by atoms with Gasteiger partial charge in [0.2, 0.25) is 0 Å². The van der Waals surface area contributed by atoms with E-state index in [9.17, 15) is 4.39 Å². The van der Waals surface area contributed by atoms with Crippen LogP contribution in [0.1, 0.15) is 36.5 Å². The molecular formula is C17H18BrFO. The standard InChI is InChI=1S/C17H18BrFO/c1-11(2)14-8-7-12(3)9-16(14)20-17-13(10-18)5-4-6-15(17)19/h4-9,11H,10H2,1-3H3. The van der Waals surface area contributed by atoms with Gasteiger partial charge in [-0.2, -0.15) is 0 Å². The Balaban J connectivity index is 2.47. The summed E-state index contributed by atoms with van der Waals surface area (Å²) in [6, 6.07) is 11.0. The molecule has 0 aliphatic rings. The fourth-order valence-electron chi connectivity index (χ4n) is 2.09. The molecule has 0 aromatic heterocycles. The first kappa shape index (κ1) is 15.0. The molecule has 0 aliphatic heterocycles. The third kappa shape index (κ3) is 3.21. The second-order valence-electron chi connectivity index (χ2n) is 5.16. The normalized spacial score (nSPS) is 10.9. The molecule has 0 saturated carbocycles. The Morgan fingerprint density at radius 3 is 2.60 bits per heavy atom. The van der Waals surface area contributed by atoms with Gasteiger partial charge in [0, 0.05) is 10.9 Å². The summed E-state index contributed by atoms with van der Waals surface area (Å²) in [6.07, 6.45) is 0. The Kier molecular flexibility index (Phi) is 4.81. The van der Waals surface area contributed by atoms with E-state index in [1.807, 2.05) is 25.1 Å². The molecule has 0 N–H and O–H groups in total. The second kappa shape index (κ2) is 6.40. The minimum absolute atomic E-state index is 0.303. The van der Waals surface area contributed by atoms with Crippen LogP contribution in [0, 0.1) is 12.7 Å². The van der Waals surface area contributed by atoms with Crippen LogP contribution in [0.25, 0.3) is 0 Å². The number of rotatable bonds is 4. The third-order valence-corrected chi connectivity index (χ3v) is 3.80. The van der Waals surface area contributed by atoms with Gasteiger partial charge in [-0.25, -0.2) is 4.39 Å². The van der Waals surface area contributed by atoms with E-state index in [1.165, 1.54) is 6.07 Å². The molecule has 0 fully saturated rings. The number of alkyl halides is 1. The summed E-state index contributed by atoms with van der Waals surface area (Å²) in [7, 11) is 0. The lowest BCUT2D eigenvalue weighted by Gasteiger charge is -2.16. The molecule has 0 radical (unpaired) electrons. The van der Waals surface area contributed by atoms with Crippen molar-refractivity contribution in [3.05, 3.63) is 58.9 Å². The lowest BCUT2D eigenvalue weighted by atomic mass is 10.0. The highest BCUT2D eigenvalue weighted by molar-refractivity contribution is 9.08. The monoisotopic (exact) mass is 336 g/mol. The minimum atomic E-state index is -0.335. The first-order chi connectivity index (χ1) is 9.52. The van der Waals surface area contributed by atoms with Crippen molar-refractivity contribution in [3.8, 4) is 11.5 Å². The first-order valence-corrected chi connectivity index (χ1v) is 7.76. The lowest BCUT2D eigenvalue weighted by molar-refractivity contribution is 0.431. The molecule has 20 heavy (non-hydrogen) atoms. The maximum atomic E-state index is 14.0. The molecule has 0 heterocycles. The predicted octanol–water partition coefficient (Wildman–Crippen LogP) is 5.94. The van der Waals surface area contributed by atoms with E-state index in [0.29, 0.717) is 17.0 Å². The summed E-state index contributed by atoms with van der Waals surface area (Å²) < 4.78 is 19.9.